The number of hydrogen-bond donors (Lipinski definition) is 1. The van der Waals surface area contributed by atoms with Crippen molar-refractivity contribution < 1.29 is 27.2 Å². The lowest BCUT2D eigenvalue weighted by molar-refractivity contribution is 0.0601. The van der Waals surface area contributed by atoms with Crippen molar-refractivity contribution in [1.29, 1.82) is 0 Å². The Morgan fingerprint density at radius 2 is 1.86 bits per heavy atom. The highest BCUT2D eigenvalue weighted by atomic mass is 32.2. The molecule has 0 saturated heterocycles. The number of methoxy groups -OCH3 is 1. The summed E-state index contributed by atoms with van der Waals surface area (Å²) >= 11 is 1.33. The van der Waals surface area contributed by atoms with Gasteiger partial charge in [-0.25, -0.2) is 13.2 Å². The molecule has 0 bridgehead atoms. The molecule has 0 spiro atoms. The van der Waals surface area contributed by atoms with Crippen molar-refractivity contribution in [2.75, 3.05) is 12.4 Å². The molecule has 0 radical (unpaired) electrons. The summed E-state index contributed by atoms with van der Waals surface area (Å²) in [6.45, 7) is 0. The first-order valence-electron chi connectivity index (χ1n) is 8.86. The summed E-state index contributed by atoms with van der Waals surface area (Å²) in [6.07, 6.45) is 2.56. The van der Waals surface area contributed by atoms with Gasteiger partial charge in [-0.05, 0) is 49.1 Å². The zero-order chi connectivity index (χ0) is 20.6. The smallest absolute Gasteiger partial charge is 0.341 e. The summed E-state index contributed by atoms with van der Waals surface area (Å²) in [5, 5.41) is 2.73. The quantitative estimate of drug-likeness (QED) is 0.618. The molecule has 0 fully saturated rings. The van der Waals surface area contributed by atoms with Gasteiger partial charge in [-0.15, -0.1) is 11.3 Å². The van der Waals surface area contributed by atoms with Gasteiger partial charge >= 0.3 is 5.97 Å². The van der Waals surface area contributed by atoms with Crippen LogP contribution in [0.15, 0.2) is 56.9 Å². The van der Waals surface area contributed by atoms with Gasteiger partial charge in [-0.2, -0.15) is 0 Å². The van der Waals surface area contributed by atoms with E-state index in [-0.39, 0.29) is 15.7 Å². The van der Waals surface area contributed by atoms with E-state index < -0.39 is 21.7 Å². The Hall–Kier alpha value is -2.91. The van der Waals surface area contributed by atoms with E-state index >= 15 is 0 Å². The number of ether oxygens (including phenoxy) is 1. The Bertz CT molecular complexity index is 1190. The standard InChI is InChI=1S/C20H17NO6S2/c1-26-20(23)17-13-8-5-9-15(13)28-19(17)21-18(22)14-10-11-16(27-14)29(24,25)12-6-3-2-4-7-12/h2-4,6-7,10-11H,5,8-9H2,1H3,(H,21,22). The first-order chi connectivity index (χ1) is 13.9. The Morgan fingerprint density at radius 3 is 2.59 bits per heavy atom. The number of sulfone groups is 1. The van der Waals surface area contributed by atoms with Crippen LogP contribution < -0.4 is 5.32 Å². The summed E-state index contributed by atoms with van der Waals surface area (Å²) in [5.74, 6) is -1.31. The molecule has 1 aromatic carbocycles. The first kappa shape index (κ1) is 19.4. The molecular weight excluding hydrogens is 414 g/mol. The van der Waals surface area contributed by atoms with Crippen LogP contribution in [-0.4, -0.2) is 27.4 Å². The van der Waals surface area contributed by atoms with Gasteiger partial charge in [0.05, 0.1) is 17.6 Å². The number of thiophene rings is 1. The maximum atomic E-state index is 12.6. The van der Waals surface area contributed by atoms with E-state index in [0.717, 1.165) is 29.7 Å². The van der Waals surface area contributed by atoms with E-state index in [1.165, 1.54) is 42.7 Å². The molecule has 1 aliphatic rings. The fraction of sp³-hybridized carbons (Fsp3) is 0.200. The Balaban J connectivity index is 1.61. The van der Waals surface area contributed by atoms with E-state index in [9.17, 15) is 18.0 Å². The van der Waals surface area contributed by atoms with Crippen LogP contribution in [0.3, 0.4) is 0 Å². The van der Waals surface area contributed by atoms with Crippen molar-refractivity contribution in [3.8, 4) is 0 Å². The molecule has 0 aliphatic heterocycles. The lowest BCUT2D eigenvalue weighted by Crippen LogP contribution is -2.14. The highest BCUT2D eigenvalue weighted by Gasteiger charge is 2.29. The van der Waals surface area contributed by atoms with Crippen molar-refractivity contribution in [2.45, 2.75) is 29.3 Å². The van der Waals surface area contributed by atoms with E-state index in [1.807, 2.05) is 0 Å². The van der Waals surface area contributed by atoms with Gasteiger partial charge in [-0.1, -0.05) is 18.2 Å². The normalized spacial score (nSPS) is 13.1. The molecule has 1 N–H and O–H groups in total. The lowest BCUT2D eigenvalue weighted by atomic mass is 10.1. The predicted octanol–water partition coefficient (Wildman–Crippen LogP) is 3.70. The van der Waals surface area contributed by atoms with Gasteiger partial charge in [0, 0.05) is 4.88 Å². The van der Waals surface area contributed by atoms with Gasteiger partial charge in [0.15, 0.2) is 5.76 Å². The lowest BCUT2D eigenvalue weighted by Gasteiger charge is -2.06. The van der Waals surface area contributed by atoms with E-state index in [1.54, 1.807) is 18.2 Å². The number of esters is 1. The number of benzene rings is 1. The average Bonchev–Trinajstić information content (AvgIpc) is 3.44. The van der Waals surface area contributed by atoms with E-state index in [0.29, 0.717) is 10.6 Å². The first-order valence-corrected chi connectivity index (χ1v) is 11.2. The van der Waals surface area contributed by atoms with Gasteiger partial charge in [0.25, 0.3) is 5.91 Å². The van der Waals surface area contributed by atoms with Crippen molar-refractivity contribution in [1.82, 2.24) is 0 Å². The minimum absolute atomic E-state index is 0.0731. The SMILES string of the molecule is COC(=O)c1c(NC(=O)c2ccc(S(=O)(=O)c3ccccc3)o2)sc2c1CCC2. The van der Waals surface area contributed by atoms with Crippen LogP contribution in [0, 0.1) is 0 Å². The van der Waals surface area contributed by atoms with Crippen molar-refractivity contribution in [3.05, 3.63) is 64.2 Å². The van der Waals surface area contributed by atoms with Crippen LogP contribution in [0.4, 0.5) is 5.00 Å². The Labute approximate surface area is 171 Å². The molecule has 0 unspecified atom stereocenters. The minimum atomic E-state index is -3.87. The Morgan fingerprint density at radius 1 is 1.10 bits per heavy atom. The number of rotatable bonds is 5. The van der Waals surface area contributed by atoms with Crippen LogP contribution in [0.2, 0.25) is 0 Å². The summed E-state index contributed by atoms with van der Waals surface area (Å²) in [7, 11) is -2.57. The molecule has 3 aromatic rings. The average molecular weight is 431 g/mol. The van der Waals surface area contributed by atoms with Gasteiger partial charge in [0.1, 0.15) is 5.00 Å². The summed E-state index contributed by atoms with van der Waals surface area (Å²) in [5.41, 5.74) is 1.27. The second-order valence-electron chi connectivity index (χ2n) is 6.44. The van der Waals surface area contributed by atoms with Crippen LogP contribution in [-0.2, 0) is 27.4 Å². The second kappa shape index (κ2) is 7.49. The fourth-order valence-electron chi connectivity index (χ4n) is 3.28. The molecular formula is C20H17NO6S2. The van der Waals surface area contributed by atoms with Crippen LogP contribution in [0.25, 0.3) is 0 Å². The zero-order valence-electron chi connectivity index (χ0n) is 15.4. The largest absolute Gasteiger partial charge is 0.465 e. The summed E-state index contributed by atoms with van der Waals surface area (Å²) < 4.78 is 35.4. The van der Waals surface area contributed by atoms with Crippen LogP contribution in [0.1, 0.15) is 37.8 Å². The molecule has 150 valence electrons. The molecule has 29 heavy (non-hydrogen) atoms. The van der Waals surface area contributed by atoms with E-state index in [2.05, 4.69) is 5.32 Å². The van der Waals surface area contributed by atoms with Crippen molar-refractivity contribution >= 4 is 38.1 Å². The molecule has 0 saturated carbocycles. The monoisotopic (exact) mass is 431 g/mol. The molecule has 1 aliphatic carbocycles. The number of anilines is 1. The zero-order valence-corrected chi connectivity index (χ0v) is 17.1. The summed E-state index contributed by atoms with van der Waals surface area (Å²) in [6, 6.07) is 10.4. The predicted molar refractivity (Wildman–Crippen MR) is 106 cm³/mol. The number of furan rings is 1. The topological polar surface area (TPSA) is 103 Å². The molecule has 7 nitrogen and oxygen atoms in total. The Kier molecular flexibility index (Phi) is 5.01. The summed E-state index contributed by atoms with van der Waals surface area (Å²) in [4.78, 5) is 26.0. The van der Waals surface area contributed by atoms with Crippen LogP contribution in [0.5, 0.6) is 0 Å². The van der Waals surface area contributed by atoms with E-state index in [4.69, 9.17) is 9.15 Å². The minimum Gasteiger partial charge on any atom is -0.465 e. The number of fused-ring (bicyclic) bond motifs is 1. The number of carbonyl (C=O) groups excluding carboxylic acids is 2. The molecule has 0 atom stereocenters. The van der Waals surface area contributed by atoms with Gasteiger partial charge in [0.2, 0.25) is 14.9 Å². The molecule has 1 amide bonds. The molecule has 2 heterocycles. The third-order valence-corrected chi connectivity index (χ3v) is 7.51. The van der Waals surface area contributed by atoms with Crippen molar-refractivity contribution in [2.24, 2.45) is 0 Å². The third kappa shape index (κ3) is 3.47. The van der Waals surface area contributed by atoms with Gasteiger partial charge in [-0.3, -0.25) is 4.79 Å². The maximum Gasteiger partial charge on any atom is 0.341 e. The highest BCUT2D eigenvalue weighted by Crippen LogP contribution is 2.39. The molecule has 4 rings (SSSR count). The van der Waals surface area contributed by atoms with Crippen molar-refractivity contribution in [3.63, 3.8) is 0 Å². The maximum absolute atomic E-state index is 12.6. The molecule has 9 heteroatoms. The van der Waals surface area contributed by atoms with Crippen LogP contribution >= 0.6 is 11.3 Å². The highest BCUT2D eigenvalue weighted by molar-refractivity contribution is 7.91. The third-order valence-electron chi connectivity index (χ3n) is 4.66. The number of hydrogen-bond acceptors (Lipinski definition) is 7. The fourth-order valence-corrected chi connectivity index (χ4v) is 5.74. The van der Waals surface area contributed by atoms with Gasteiger partial charge < -0.3 is 14.5 Å². The number of aryl methyl sites for hydroxylation is 1. The second-order valence-corrected chi connectivity index (χ2v) is 9.43. The number of carbonyl (C=O) groups is 2. The number of amides is 1. The number of nitrogens with one attached hydrogen (secondary N) is 1. The molecule has 2 aromatic heterocycles.